The van der Waals surface area contributed by atoms with Crippen molar-refractivity contribution in [1.29, 1.82) is 0 Å². The lowest BCUT2D eigenvalue weighted by atomic mass is 10.1. The van der Waals surface area contributed by atoms with E-state index < -0.39 is 41.4 Å². The molecule has 0 aliphatic heterocycles. The van der Waals surface area contributed by atoms with E-state index in [1.807, 2.05) is 0 Å². The van der Waals surface area contributed by atoms with Crippen molar-refractivity contribution in [2.45, 2.75) is 84.2 Å². The van der Waals surface area contributed by atoms with Gasteiger partial charge >= 0.3 is 18.0 Å². The second-order valence-corrected chi connectivity index (χ2v) is 7.64. The number of rotatable bonds is 7. The van der Waals surface area contributed by atoms with Gasteiger partial charge in [0.05, 0.1) is 7.11 Å². The SMILES string of the molecule is COC(=O)[C@@H](NC(=O)OC(C)(C)C)[C@H](F)CCCC(=O)OC(C)(C)C. The van der Waals surface area contributed by atoms with E-state index in [9.17, 15) is 18.8 Å². The van der Waals surface area contributed by atoms with Crippen LogP contribution in [0.25, 0.3) is 0 Å². The molecule has 0 bridgehead atoms. The number of hydrogen-bond acceptors (Lipinski definition) is 6. The van der Waals surface area contributed by atoms with Gasteiger partial charge < -0.3 is 19.5 Å². The van der Waals surface area contributed by atoms with Crippen molar-refractivity contribution in [3.8, 4) is 0 Å². The Hall–Kier alpha value is -1.86. The van der Waals surface area contributed by atoms with E-state index in [2.05, 4.69) is 10.1 Å². The van der Waals surface area contributed by atoms with Crippen molar-refractivity contribution in [3.63, 3.8) is 0 Å². The summed E-state index contributed by atoms with van der Waals surface area (Å²) >= 11 is 0. The van der Waals surface area contributed by atoms with E-state index in [0.717, 1.165) is 7.11 Å². The van der Waals surface area contributed by atoms with E-state index in [0.29, 0.717) is 0 Å². The lowest BCUT2D eigenvalue weighted by molar-refractivity contribution is -0.155. The fraction of sp³-hybridized carbons (Fsp3) is 0.824. The predicted octanol–water partition coefficient (Wildman–Crippen LogP) is 2.90. The molecule has 0 saturated carbocycles. The first-order chi connectivity index (χ1) is 11.2. The van der Waals surface area contributed by atoms with Crippen molar-refractivity contribution in [2.24, 2.45) is 0 Å². The standard InChI is InChI=1S/C17H30FNO6/c1-16(2,3)24-12(20)10-8-9-11(18)13(14(21)23-7)19-15(22)25-17(4,5)6/h11,13H,8-10H2,1-7H3,(H,19,22)/t11-,13+/m1/s1. The molecule has 7 nitrogen and oxygen atoms in total. The van der Waals surface area contributed by atoms with Crippen molar-refractivity contribution in [2.75, 3.05) is 7.11 Å². The maximum Gasteiger partial charge on any atom is 0.408 e. The zero-order valence-corrected chi connectivity index (χ0v) is 16.1. The fourth-order valence-corrected chi connectivity index (χ4v) is 1.86. The van der Waals surface area contributed by atoms with Crippen LogP contribution in [0.15, 0.2) is 0 Å². The molecule has 0 aromatic carbocycles. The lowest BCUT2D eigenvalue weighted by Crippen LogP contribution is -2.49. The molecule has 1 N–H and O–H groups in total. The fourth-order valence-electron chi connectivity index (χ4n) is 1.86. The molecule has 1 amide bonds. The Kier molecular flexibility index (Phi) is 8.87. The maximum absolute atomic E-state index is 14.4. The molecule has 0 spiro atoms. The summed E-state index contributed by atoms with van der Waals surface area (Å²) in [7, 11) is 1.10. The number of alkyl carbamates (subject to hydrolysis) is 1. The molecule has 0 saturated heterocycles. The van der Waals surface area contributed by atoms with Gasteiger partial charge in [-0.1, -0.05) is 0 Å². The first-order valence-corrected chi connectivity index (χ1v) is 8.18. The lowest BCUT2D eigenvalue weighted by Gasteiger charge is -2.24. The van der Waals surface area contributed by atoms with E-state index >= 15 is 0 Å². The second-order valence-electron chi connectivity index (χ2n) is 7.64. The van der Waals surface area contributed by atoms with Gasteiger partial charge in [-0.15, -0.1) is 0 Å². The van der Waals surface area contributed by atoms with Gasteiger partial charge in [0, 0.05) is 6.42 Å². The Balaban J connectivity index is 4.60. The number of esters is 2. The monoisotopic (exact) mass is 363 g/mol. The third-order valence-electron chi connectivity index (χ3n) is 2.77. The number of carbonyl (C=O) groups is 3. The van der Waals surface area contributed by atoms with Crippen molar-refractivity contribution in [3.05, 3.63) is 0 Å². The van der Waals surface area contributed by atoms with E-state index in [1.165, 1.54) is 0 Å². The molecular formula is C17H30FNO6. The highest BCUT2D eigenvalue weighted by Gasteiger charge is 2.32. The van der Waals surface area contributed by atoms with Gasteiger partial charge in [0.2, 0.25) is 0 Å². The summed E-state index contributed by atoms with van der Waals surface area (Å²) in [5, 5.41) is 2.17. The van der Waals surface area contributed by atoms with Crippen molar-refractivity contribution >= 4 is 18.0 Å². The van der Waals surface area contributed by atoms with Crippen LogP contribution in [-0.4, -0.2) is 48.6 Å². The Morgan fingerprint density at radius 3 is 1.96 bits per heavy atom. The Morgan fingerprint density at radius 1 is 1.00 bits per heavy atom. The second kappa shape index (κ2) is 9.58. The smallest absolute Gasteiger partial charge is 0.408 e. The minimum Gasteiger partial charge on any atom is -0.467 e. The van der Waals surface area contributed by atoms with E-state index in [1.54, 1.807) is 41.5 Å². The van der Waals surface area contributed by atoms with Gasteiger partial charge in [0.1, 0.15) is 17.4 Å². The number of alkyl halides is 1. The summed E-state index contributed by atoms with van der Waals surface area (Å²) < 4.78 is 29.0. The average molecular weight is 363 g/mol. The Labute approximate surface area is 148 Å². The highest BCUT2D eigenvalue weighted by Crippen LogP contribution is 2.15. The quantitative estimate of drug-likeness (QED) is 0.552. The summed E-state index contributed by atoms with van der Waals surface area (Å²) in [6, 6.07) is -1.50. The molecule has 2 atom stereocenters. The Morgan fingerprint density at radius 2 is 1.52 bits per heavy atom. The van der Waals surface area contributed by atoms with Gasteiger partial charge in [-0.2, -0.15) is 0 Å². The van der Waals surface area contributed by atoms with Crippen LogP contribution in [0, 0.1) is 0 Å². The number of hydrogen-bond donors (Lipinski definition) is 1. The maximum atomic E-state index is 14.4. The van der Waals surface area contributed by atoms with E-state index in [4.69, 9.17) is 9.47 Å². The molecule has 0 aromatic rings. The van der Waals surface area contributed by atoms with Gasteiger partial charge in [0.15, 0.2) is 6.04 Å². The van der Waals surface area contributed by atoms with Gasteiger partial charge in [-0.3, -0.25) is 4.79 Å². The van der Waals surface area contributed by atoms with Crippen LogP contribution in [0.1, 0.15) is 60.8 Å². The molecule has 0 aliphatic carbocycles. The number of halogens is 1. The van der Waals surface area contributed by atoms with Crippen LogP contribution in [0.4, 0.5) is 9.18 Å². The molecule has 0 fully saturated rings. The number of amides is 1. The number of nitrogens with one attached hydrogen (secondary N) is 1. The molecule has 146 valence electrons. The summed E-state index contributed by atoms with van der Waals surface area (Å²) in [5.74, 6) is -1.37. The number of carbonyl (C=O) groups excluding carboxylic acids is 3. The molecule has 0 aromatic heterocycles. The third kappa shape index (κ3) is 11.3. The molecule has 0 rings (SSSR count). The summed E-state index contributed by atoms with van der Waals surface area (Å²) in [5.41, 5.74) is -1.40. The van der Waals surface area contributed by atoms with Crippen molar-refractivity contribution in [1.82, 2.24) is 5.32 Å². The highest BCUT2D eigenvalue weighted by molar-refractivity contribution is 5.82. The van der Waals surface area contributed by atoms with E-state index in [-0.39, 0.29) is 19.3 Å². The highest BCUT2D eigenvalue weighted by atomic mass is 19.1. The van der Waals surface area contributed by atoms with Crippen LogP contribution in [0.3, 0.4) is 0 Å². The van der Waals surface area contributed by atoms with Crippen molar-refractivity contribution < 1.29 is 33.0 Å². The van der Waals surface area contributed by atoms with Gasteiger partial charge in [0.25, 0.3) is 0 Å². The zero-order valence-electron chi connectivity index (χ0n) is 16.1. The van der Waals surface area contributed by atoms with Gasteiger partial charge in [-0.05, 0) is 54.4 Å². The number of methoxy groups -OCH3 is 1. The molecule has 25 heavy (non-hydrogen) atoms. The van der Waals surface area contributed by atoms with Crippen LogP contribution in [0.5, 0.6) is 0 Å². The summed E-state index contributed by atoms with van der Waals surface area (Å²) in [4.78, 5) is 35.1. The molecule has 0 heterocycles. The Bertz CT molecular complexity index is 467. The molecular weight excluding hydrogens is 333 g/mol. The molecule has 8 heteroatoms. The minimum absolute atomic E-state index is 0.0119. The predicted molar refractivity (Wildman–Crippen MR) is 89.8 cm³/mol. The molecule has 0 radical (unpaired) electrons. The average Bonchev–Trinajstić information content (AvgIpc) is 2.39. The third-order valence-corrected chi connectivity index (χ3v) is 2.77. The molecule has 0 aliphatic rings. The number of ether oxygens (including phenoxy) is 3. The minimum atomic E-state index is -1.72. The van der Waals surface area contributed by atoms with Crippen LogP contribution < -0.4 is 5.32 Å². The topological polar surface area (TPSA) is 90.9 Å². The normalized spacial score (nSPS) is 14.2. The van der Waals surface area contributed by atoms with Crippen LogP contribution in [0.2, 0.25) is 0 Å². The first kappa shape index (κ1) is 23.1. The zero-order chi connectivity index (χ0) is 19.8. The largest absolute Gasteiger partial charge is 0.467 e. The van der Waals surface area contributed by atoms with Gasteiger partial charge in [-0.25, -0.2) is 14.0 Å². The van der Waals surface area contributed by atoms with Crippen LogP contribution >= 0.6 is 0 Å². The summed E-state index contributed by atoms with van der Waals surface area (Å²) in [6.07, 6.45) is -2.58. The first-order valence-electron chi connectivity index (χ1n) is 8.18. The molecule has 0 unspecified atom stereocenters. The van der Waals surface area contributed by atoms with Crippen LogP contribution in [-0.2, 0) is 23.8 Å². The summed E-state index contributed by atoms with van der Waals surface area (Å²) in [6.45, 7) is 10.1.